The molecule has 2 aliphatic carbocycles. The predicted octanol–water partition coefficient (Wildman–Crippen LogP) is 3.94. The predicted molar refractivity (Wildman–Crippen MR) is 79.0 cm³/mol. The third kappa shape index (κ3) is 2.75. The molecular formula is C17H30O2. The van der Waals surface area contributed by atoms with Crippen LogP contribution in [0.3, 0.4) is 0 Å². The molecule has 2 aliphatic rings. The molecule has 1 saturated carbocycles. The van der Waals surface area contributed by atoms with Crippen molar-refractivity contribution >= 4 is 0 Å². The fourth-order valence-electron chi connectivity index (χ4n) is 4.08. The SMILES string of the molecule is CCO[C@]1(C)CC[C@H](C)/C(C)=C\[C@H]2[C@H]1CC[C@]2(C)O. The summed E-state index contributed by atoms with van der Waals surface area (Å²) in [6.07, 6.45) is 6.60. The van der Waals surface area contributed by atoms with Crippen molar-refractivity contribution in [1.82, 2.24) is 0 Å². The first-order valence-corrected chi connectivity index (χ1v) is 7.85. The van der Waals surface area contributed by atoms with E-state index in [1.807, 2.05) is 6.92 Å². The number of rotatable bonds is 2. The molecule has 2 rings (SSSR count). The Hall–Kier alpha value is -0.340. The summed E-state index contributed by atoms with van der Waals surface area (Å²) in [5.41, 5.74) is 0.794. The highest BCUT2D eigenvalue weighted by atomic mass is 16.5. The fourth-order valence-corrected chi connectivity index (χ4v) is 4.08. The number of hydrogen-bond acceptors (Lipinski definition) is 2. The van der Waals surface area contributed by atoms with Crippen LogP contribution in [0.15, 0.2) is 11.6 Å². The molecule has 1 fully saturated rings. The molecule has 0 saturated heterocycles. The van der Waals surface area contributed by atoms with E-state index in [0.717, 1.165) is 25.9 Å². The van der Waals surface area contributed by atoms with E-state index in [4.69, 9.17) is 4.74 Å². The van der Waals surface area contributed by atoms with E-state index < -0.39 is 5.60 Å². The number of aliphatic hydroxyl groups is 1. The maximum Gasteiger partial charge on any atom is 0.0689 e. The molecule has 0 aliphatic heterocycles. The minimum Gasteiger partial charge on any atom is -0.390 e. The van der Waals surface area contributed by atoms with Crippen molar-refractivity contribution in [2.75, 3.05) is 6.61 Å². The van der Waals surface area contributed by atoms with Crippen molar-refractivity contribution in [3.05, 3.63) is 11.6 Å². The van der Waals surface area contributed by atoms with Crippen molar-refractivity contribution in [3.63, 3.8) is 0 Å². The number of ether oxygens (including phenoxy) is 1. The summed E-state index contributed by atoms with van der Waals surface area (Å²) in [4.78, 5) is 0. The second kappa shape index (κ2) is 5.21. The van der Waals surface area contributed by atoms with E-state index in [-0.39, 0.29) is 11.5 Å². The van der Waals surface area contributed by atoms with Gasteiger partial charge in [0.05, 0.1) is 11.2 Å². The molecule has 0 radical (unpaired) electrons. The molecule has 2 heteroatoms. The average molecular weight is 266 g/mol. The minimum absolute atomic E-state index is 0.0780. The maximum absolute atomic E-state index is 10.7. The lowest BCUT2D eigenvalue weighted by Gasteiger charge is -2.42. The molecule has 1 N–H and O–H groups in total. The van der Waals surface area contributed by atoms with Gasteiger partial charge in [-0.25, -0.2) is 0 Å². The van der Waals surface area contributed by atoms with Crippen molar-refractivity contribution < 1.29 is 9.84 Å². The van der Waals surface area contributed by atoms with E-state index in [1.165, 1.54) is 12.0 Å². The Balaban J connectivity index is 2.38. The number of hydrogen-bond donors (Lipinski definition) is 1. The van der Waals surface area contributed by atoms with Gasteiger partial charge in [0.2, 0.25) is 0 Å². The first kappa shape index (κ1) is 15.1. The monoisotopic (exact) mass is 266 g/mol. The highest BCUT2D eigenvalue weighted by Gasteiger charge is 2.51. The minimum atomic E-state index is -0.568. The largest absolute Gasteiger partial charge is 0.390 e. The molecule has 110 valence electrons. The van der Waals surface area contributed by atoms with Crippen LogP contribution in [0.4, 0.5) is 0 Å². The topological polar surface area (TPSA) is 29.5 Å². The lowest BCUT2D eigenvalue weighted by atomic mass is 9.71. The summed E-state index contributed by atoms with van der Waals surface area (Å²) in [6, 6.07) is 0. The summed E-state index contributed by atoms with van der Waals surface area (Å²) in [5, 5.41) is 10.7. The van der Waals surface area contributed by atoms with Gasteiger partial charge in [0.1, 0.15) is 0 Å². The summed E-state index contributed by atoms with van der Waals surface area (Å²) >= 11 is 0. The molecule has 2 nitrogen and oxygen atoms in total. The smallest absolute Gasteiger partial charge is 0.0689 e. The molecule has 0 unspecified atom stereocenters. The average Bonchev–Trinajstić information content (AvgIpc) is 2.62. The van der Waals surface area contributed by atoms with Gasteiger partial charge in [-0.3, -0.25) is 0 Å². The number of fused-ring (bicyclic) bond motifs is 1. The molecule has 0 aromatic carbocycles. The first-order valence-electron chi connectivity index (χ1n) is 7.85. The Kier molecular flexibility index (Phi) is 4.13. The summed E-state index contributed by atoms with van der Waals surface area (Å²) in [7, 11) is 0. The third-order valence-electron chi connectivity index (χ3n) is 5.67. The second-order valence-electron chi connectivity index (χ2n) is 7.12. The second-order valence-corrected chi connectivity index (χ2v) is 7.12. The zero-order valence-electron chi connectivity index (χ0n) is 13.2. The lowest BCUT2D eigenvalue weighted by molar-refractivity contribution is -0.0973. The Morgan fingerprint density at radius 3 is 2.63 bits per heavy atom. The summed E-state index contributed by atoms with van der Waals surface area (Å²) < 4.78 is 6.16. The Morgan fingerprint density at radius 1 is 1.32 bits per heavy atom. The van der Waals surface area contributed by atoms with Crippen LogP contribution < -0.4 is 0 Å². The summed E-state index contributed by atoms with van der Waals surface area (Å²) in [5.74, 6) is 1.29. The molecule has 0 heterocycles. The Morgan fingerprint density at radius 2 is 2.00 bits per heavy atom. The highest BCUT2D eigenvalue weighted by Crippen LogP contribution is 2.50. The van der Waals surface area contributed by atoms with Crippen molar-refractivity contribution in [2.24, 2.45) is 17.8 Å². The standard InChI is InChI=1S/C17H30O2/c1-6-19-17(5)10-7-12(2)13(3)11-15-14(17)8-9-16(15,4)18/h11-12,14-15,18H,6-10H2,1-5H3/b13-11-/t12-,14+,15-,16-,17+/m0/s1. The van der Waals surface area contributed by atoms with Gasteiger partial charge >= 0.3 is 0 Å². The molecule has 0 amide bonds. The van der Waals surface area contributed by atoms with E-state index in [2.05, 4.69) is 33.8 Å². The Bertz CT molecular complexity index is 358. The molecule has 5 atom stereocenters. The van der Waals surface area contributed by atoms with E-state index in [0.29, 0.717) is 11.8 Å². The first-order chi connectivity index (χ1) is 8.80. The van der Waals surface area contributed by atoms with Crippen LogP contribution >= 0.6 is 0 Å². The van der Waals surface area contributed by atoms with Gasteiger partial charge in [0, 0.05) is 12.5 Å². The third-order valence-corrected chi connectivity index (χ3v) is 5.67. The lowest BCUT2D eigenvalue weighted by Crippen LogP contribution is -2.44. The van der Waals surface area contributed by atoms with Crippen LogP contribution in [0.25, 0.3) is 0 Å². The van der Waals surface area contributed by atoms with E-state index in [1.54, 1.807) is 0 Å². The van der Waals surface area contributed by atoms with Crippen LogP contribution in [0.2, 0.25) is 0 Å². The normalized spacial score (nSPS) is 50.0. The van der Waals surface area contributed by atoms with Crippen LogP contribution in [-0.2, 0) is 4.74 Å². The molecule has 0 aromatic rings. The van der Waals surface area contributed by atoms with E-state index >= 15 is 0 Å². The van der Waals surface area contributed by atoms with Crippen LogP contribution in [0.5, 0.6) is 0 Å². The quantitative estimate of drug-likeness (QED) is 0.767. The van der Waals surface area contributed by atoms with Gasteiger partial charge in [0.15, 0.2) is 0 Å². The molecular weight excluding hydrogens is 236 g/mol. The van der Waals surface area contributed by atoms with Gasteiger partial charge in [-0.2, -0.15) is 0 Å². The number of allylic oxidation sites excluding steroid dienone is 1. The van der Waals surface area contributed by atoms with Gasteiger partial charge in [-0.05, 0) is 65.2 Å². The molecule has 0 aromatic heterocycles. The molecule has 0 spiro atoms. The van der Waals surface area contributed by atoms with Gasteiger partial charge in [-0.15, -0.1) is 0 Å². The van der Waals surface area contributed by atoms with Gasteiger partial charge in [-0.1, -0.05) is 18.6 Å². The maximum atomic E-state index is 10.7. The van der Waals surface area contributed by atoms with Crippen molar-refractivity contribution in [1.29, 1.82) is 0 Å². The van der Waals surface area contributed by atoms with Crippen molar-refractivity contribution in [3.8, 4) is 0 Å². The van der Waals surface area contributed by atoms with Gasteiger partial charge in [0.25, 0.3) is 0 Å². The zero-order valence-corrected chi connectivity index (χ0v) is 13.2. The molecule has 19 heavy (non-hydrogen) atoms. The highest BCUT2D eigenvalue weighted by molar-refractivity contribution is 5.16. The van der Waals surface area contributed by atoms with Crippen LogP contribution in [0, 0.1) is 17.8 Å². The van der Waals surface area contributed by atoms with Gasteiger partial charge < -0.3 is 9.84 Å². The van der Waals surface area contributed by atoms with E-state index in [9.17, 15) is 5.11 Å². The zero-order chi connectivity index (χ0) is 14.3. The van der Waals surface area contributed by atoms with Crippen LogP contribution in [-0.4, -0.2) is 22.9 Å². The van der Waals surface area contributed by atoms with Crippen molar-refractivity contribution in [2.45, 2.75) is 71.5 Å². The fraction of sp³-hybridized carbons (Fsp3) is 0.882. The Labute approximate surface area is 118 Å². The van der Waals surface area contributed by atoms with Crippen LogP contribution in [0.1, 0.15) is 60.3 Å². The summed E-state index contributed by atoms with van der Waals surface area (Å²) in [6.45, 7) is 11.6. The molecule has 0 bridgehead atoms.